The molecule has 2 aromatic carbocycles. The normalized spacial score (nSPS) is 20.9. The second-order valence-electron chi connectivity index (χ2n) is 5.22. The summed E-state index contributed by atoms with van der Waals surface area (Å²) in [6, 6.07) is 16.3. The minimum Gasteiger partial charge on any atom is -0.465 e. The highest BCUT2D eigenvalue weighted by atomic mass is 79.9. The molecule has 0 saturated carbocycles. The number of alkyl halides is 1. The number of halogens is 1. The van der Waals surface area contributed by atoms with E-state index < -0.39 is 5.60 Å². The highest BCUT2D eigenvalue weighted by molar-refractivity contribution is 9.09. The van der Waals surface area contributed by atoms with Gasteiger partial charge in [0.05, 0.1) is 5.69 Å². The molecule has 0 fully saturated rings. The van der Waals surface area contributed by atoms with Crippen LogP contribution in [0.3, 0.4) is 0 Å². The molecular formula is C17H16BrNO. The van der Waals surface area contributed by atoms with Crippen LogP contribution in [-0.4, -0.2) is 11.2 Å². The Hall–Kier alpha value is -1.61. The minimum absolute atomic E-state index is 0.393. The van der Waals surface area contributed by atoms with E-state index in [1.807, 2.05) is 30.3 Å². The summed E-state index contributed by atoms with van der Waals surface area (Å²) in [6.07, 6.45) is 0. The monoisotopic (exact) mass is 329 g/mol. The molecule has 0 saturated heterocycles. The highest BCUT2D eigenvalue weighted by Gasteiger charge is 2.35. The quantitative estimate of drug-likeness (QED) is 0.731. The van der Waals surface area contributed by atoms with Gasteiger partial charge >= 0.3 is 0 Å². The van der Waals surface area contributed by atoms with E-state index in [0.717, 1.165) is 22.1 Å². The van der Waals surface area contributed by atoms with Gasteiger partial charge in [0, 0.05) is 16.5 Å². The summed E-state index contributed by atoms with van der Waals surface area (Å²) in [5, 5.41) is 0.724. The first-order chi connectivity index (χ1) is 9.64. The van der Waals surface area contributed by atoms with Gasteiger partial charge in [-0.3, -0.25) is 0 Å². The van der Waals surface area contributed by atoms with E-state index in [1.165, 1.54) is 5.56 Å². The van der Waals surface area contributed by atoms with Crippen molar-refractivity contribution in [3.8, 4) is 0 Å². The fraction of sp³-hybridized carbons (Fsp3) is 0.235. The molecule has 0 bridgehead atoms. The summed E-state index contributed by atoms with van der Waals surface area (Å²) >= 11 is 3.58. The van der Waals surface area contributed by atoms with Crippen LogP contribution in [0.25, 0.3) is 0 Å². The van der Waals surface area contributed by atoms with Crippen molar-refractivity contribution in [2.45, 2.75) is 19.4 Å². The van der Waals surface area contributed by atoms with Crippen molar-refractivity contribution in [1.82, 2.24) is 0 Å². The van der Waals surface area contributed by atoms with Crippen molar-refractivity contribution in [1.29, 1.82) is 0 Å². The third kappa shape index (κ3) is 2.16. The lowest BCUT2D eigenvalue weighted by molar-refractivity contribution is 0.0979. The molecule has 0 radical (unpaired) electrons. The molecule has 3 heteroatoms. The number of ether oxygens (including phenoxy) is 1. The Morgan fingerprint density at radius 2 is 1.80 bits per heavy atom. The maximum absolute atomic E-state index is 6.22. The van der Waals surface area contributed by atoms with E-state index in [9.17, 15) is 0 Å². The van der Waals surface area contributed by atoms with Crippen LogP contribution in [-0.2, 0) is 10.3 Å². The lowest BCUT2D eigenvalue weighted by atomic mass is 9.94. The van der Waals surface area contributed by atoms with Gasteiger partial charge in [-0.1, -0.05) is 52.3 Å². The maximum atomic E-state index is 6.22. The van der Waals surface area contributed by atoms with Crippen LogP contribution in [0.1, 0.15) is 23.6 Å². The molecule has 0 aliphatic carbocycles. The summed E-state index contributed by atoms with van der Waals surface area (Å²) in [6.45, 7) is 4.17. The Balaban J connectivity index is 2.17. The first kappa shape index (κ1) is 13.4. The third-order valence-electron chi connectivity index (χ3n) is 3.65. The smallest absolute Gasteiger partial charge is 0.222 e. The number of fused-ring (bicyclic) bond motifs is 1. The largest absolute Gasteiger partial charge is 0.465 e. The standard InChI is InChI=1S/C17H16BrNO/c1-12-7-3-4-8-13(12)16-19-15-10-6-5-9-14(15)17(2,11-18)20-16/h3-10H,11H2,1-2H3. The Bertz CT molecular complexity index is 680. The van der Waals surface area contributed by atoms with Gasteiger partial charge in [0.2, 0.25) is 5.90 Å². The van der Waals surface area contributed by atoms with Gasteiger partial charge < -0.3 is 4.74 Å². The zero-order valence-electron chi connectivity index (χ0n) is 11.6. The van der Waals surface area contributed by atoms with Crippen LogP contribution in [0, 0.1) is 6.92 Å². The maximum Gasteiger partial charge on any atom is 0.222 e. The molecule has 0 amide bonds. The predicted octanol–water partition coefficient (Wildman–Crippen LogP) is 4.71. The Morgan fingerprint density at radius 1 is 1.10 bits per heavy atom. The van der Waals surface area contributed by atoms with Gasteiger partial charge in [-0.2, -0.15) is 0 Å². The number of aliphatic imine (C=N–C) groups is 1. The summed E-state index contributed by atoms with van der Waals surface area (Å²) in [5.74, 6) is 0.698. The van der Waals surface area contributed by atoms with Gasteiger partial charge in [0.25, 0.3) is 0 Å². The Kier molecular flexibility index (Phi) is 3.38. The van der Waals surface area contributed by atoms with E-state index in [0.29, 0.717) is 5.90 Å². The molecule has 0 N–H and O–H groups in total. The van der Waals surface area contributed by atoms with Crippen molar-refractivity contribution in [2.75, 3.05) is 5.33 Å². The second kappa shape index (κ2) is 5.06. The fourth-order valence-electron chi connectivity index (χ4n) is 2.45. The first-order valence-electron chi connectivity index (χ1n) is 6.63. The van der Waals surface area contributed by atoms with Crippen molar-refractivity contribution in [3.05, 3.63) is 65.2 Å². The number of aryl methyl sites for hydroxylation is 1. The Labute approximate surface area is 127 Å². The Morgan fingerprint density at radius 3 is 2.55 bits per heavy atom. The third-order valence-corrected chi connectivity index (χ3v) is 4.72. The summed E-state index contributed by atoms with van der Waals surface area (Å²) in [7, 11) is 0. The molecule has 2 nitrogen and oxygen atoms in total. The summed E-state index contributed by atoms with van der Waals surface area (Å²) in [5.41, 5.74) is 3.93. The van der Waals surface area contributed by atoms with E-state index in [1.54, 1.807) is 0 Å². The van der Waals surface area contributed by atoms with E-state index in [2.05, 4.69) is 48.0 Å². The molecule has 2 aromatic rings. The van der Waals surface area contributed by atoms with Crippen LogP contribution in [0.4, 0.5) is 5.69 Å². The van der Waals surface area contributed by atoms with Crippen LogP contribution in [0.2, 0.25) is 0 Å². The SMILES string of the molecule is Cc1ccccc1C1=Nc2ccccc2C(C)(CBr)O1. The molecule has 1 heterocycles. The van der Waals surface area contributed by atoms with Crippen molar-refractivity contribution in [3.63, 3.8) is 0 Å². The number of benzene rings is 2. The van der Waals surface area contributed by atoms with E-state index in [-0.39, 0.29) is 0 Å². The van der Waals surface area contributed by atoms with Crippen LogP contribution in [0.15, 0.2) is 53.5 Å². The highest BCUT2D eigenvalue weighted by Crippen LogP contribution is 2.39. The molecule has 3 rings (SSSR count). The van der Waals surface area contributed by atoms with E-state index in [4.69, 9.17) is 9.73 Å². The van der Waals surface area contributed by atoms with Gasteiger partial charge in [0.1, 0.15) is 5.60 Å². The van der Waals surface area contributed by atoms with Crippen LogP contribution >= 0.6 is 15.9 Å². The van der Waals surface area contributed by atoms with Gasteiger partial charge in [0.15, 0.2) is 0 Å². The van der Waals surface area contributed by atoms with Crippen molar-refractivity contribution < 1.29 is 4.74 Å². The van der Waals surface area contributed by atoms with E-state index >= 15 is 0 Å². The number of para-hydroxylation sites is 1. The molecule has 102 valence electrons. The second-order valence-corrected chi connectivity index (χ2v) is 5.78. The van der Waals surface area contributed by atoms with Crippen molar-refractivity contribution >= 4 is 27.5 Å². The molecule has 0 spiro atoms. The molecule has 1 aliphatic heterocycles. The lowest BCUT2D eigenvalue weighted by Gasteiger charge is -2.34. The summed E-state index contributed by atoms with van der Waals surface area (Å²) < 4.78 is 6.22. The first-order valence-corrected chi connectivity index (χ1v) is 7.75. The van der Waals surface area contributed by atoms with Gasteiger partial charge in [-0.05, 0) is 31.5 Å². The minimum atomic E-state index is -0.393. The molecular weight excluding hydrogens is 314 g/mol. The number of hydrogen-bond acceptors (Lipinski definition) is 2. The number of hydrogen-bond donors (Lipinski definition) is 0. The summed E-state index contributed by atoms with van der Waals surface area (Å²) in [4.78, 5) is 4.69. The molecule has 20 heavy (non-hydrogen) atoms. The average molecular weight is 330 g/mol. The van der Waals surface area contributed by atoms with Gasteiger partial charge in [-0.15, -0.1) is 0 Å². The van der Waals surface area contributed by atoms with Crippen LogP contribution in [0.5, 0.6) is 0 Å². The molecule has 1 atom stereocenters. The lowest BCUT2D eigenvalue weighted by Crippen LogP contribution is -2.34. The zero-order chi connectivity index (χ0) is 14.2. The predicted molar refractivity (Wildman–Crippen MR) is 86.0 cm³/mol. The molecule has 1 aliphatic rings. The topological polar surface area (TPSA) is 21.6 Å². The average Bonchev–Trinajstić information content (AvgIpc) is 2.48. The number of nitrogens with zero attached hydrogens (tertiary/aromatic N) is 1. The fourth-order valence-corrected chi connectivity index (χ4v) is 2.86. The molecule has 1 unspecified atom stereocenters. The van der Waals surface area contributed by atoms with Gasteiger partial charge in [-0.25, -0.2) is 4.99 Å². The van der Waals surface area contributed by atoms with Crippen molar-refractivity contribution in [2.24, 2.45) is 4.99 Å². The zero-order valence-corrected chi connectivity index (χ0v) is 13.1. The van der Waals surface area contributed by atoms with Crippen LogP contribution < -0.4 is 0 Å². The number of rotatable bonds is 2. The molecule has 0 aromatic heterocycles.